The molecular weight excluding hydrogens is 518 g/mol. The van der Waals surface area contributed by atoms with Crippen LogP contribution in [0.4, 0.5) is 0 Å². The summed E-state index contributed by atoms with van der Waals surface area (Å²) < 4.78 is 0. The van der Waals surface area contributed by atoms with E-state index in [1.54, 1.807) is 24.3 Å². The van der Waals surface area contributed by atoms with Crippen molar-refractivity contribution < 1.29 is 14.7 Å². The van der Waals surface area contributed by atoms with Gasteiger partial charge >= 0.3 is 5.97 Å². The first-order chi connectivity index (χ1) is 19.5. The molecule has 0 saturated carbocycles. The number of halogens is 1. The van der Waals surface area contributed by atoms with Crippen molar-refractivity contribution in [2.24, 2.45) is 0 Å². The zero-order valence-electron chi connectivity index (χ0n) is 21.8. The van der Waals surface area contributed by atoms with Crippen LogP contribution in [-0.4, -0.2) is 27.9 Å². The number of nitrogens with zero attached hydrogens (tertiary/aromatic N) is 1. The Balaban J connectivity index is 1.44. The fourth-order valence-corrected chi connectivity index (χ4v) is 4.86. The predicted molar refractivity (Wildman–Crippen MR) is 160 cm³/mol. The molecule has 1 atom stereocenters. The Kier molecular flexibility index (Phi) is 8.38. The van der Waals surface area contributed by atoms with Crippen LogP contribution in [0, 0.1) is 0 Å². The first kappa shape index (κ1) is 26.9. The number of carbonyl (C=O) groups is 2. The van der Waals surface area contributed by atoms with E-state index in [1.807, 2.05) is 109 Å². The van der Waals surface area contributed by atoms with Gasteiger partial charge < -0.3 is 10.0 Å². The van der Waals surface area contributed by atoms with E-state index in [1.165, 1.54) is 4.90 Å². The summed E-state index contributed by atoms with van der Waals surface area (Å²) in [6.07, 6.45) is 0.172. The summed E-state index contributed by atoms with van der Waals surface area (Å²) in [6, 6.07) is 41.1. The minimum atomic E-state index is -1.07. The molecule has 0 bridgehead atoms. The van der Waals surface area contributed by atoms with Crippen molar-refractivity contribution in [2.75, 3.05) is 0 Å². The van der Waals surface area contributed by atoms with Crippen molar-refractivity contribution in [1.29, 1.82) is 0 Å². The molecule has 0 aliphatic carbocycles. The van der Waals surface area contributed by atoms with Gasteiger partial charge in [-0.3, -0.25) is 4.79 Å². The molecule has 0 spiro atoms. The first-order valence-corrected chi connectivity index (χ1v) is 13.4. The highest BCUT2D eigenvalue weighted by atomic mass is 35.5. The Morgan fingerprint density at radius 2 is 1.05 bits per heavy atom. The molecule has 5 aromatic rings. The fourth-order valence-electron chi connectivity index (χ4n) is 4.73. The molecule has 5 aromatic carbocycles. The molecule has 0 radical (unpaired) electrons. The normalized spacial score (nSPS) is 11.5. The number of amides is 1. The zero-order chi connectivity index (χ0) is 27.9. The number of rotatable bonds is 9. The fraction of sp³-hybridized carbons (Fsp3) is 0.0857. The molecule has 0 heterocycles. The molecule has 0 aliphatic heterocycles. The maximum absolute atomic E-state index is 13.9. The van der Waals surface area contributed by atoms with Gasteiger partial charge in [-0.1, -0.05) is 121 Å². The maximum Gasteiger partial charge on any atom is 0.326 e. The van der Waals surface area contributed by atoms with Crippen LogP contribution in [0.25, 0.3) is 22.3 Å². The van der Waals surface area contributed by atoms with Crippen LogP contribution in [-0.2, 0) is 17.8 Å². The Morgan fingerprint density at radius 3 is 1.55 bits per heavy atom. The summed E-state index contributed by atoms with van der Waals surface area (Å²) in [5.74, 6) is -1.40. The van der Waals surface area contributed by atoms with Gasteiger partial charge in [0.1, 0.15) is 6.04 Å². The van der Waals surface area contributed by atoms with Crippen LogP contribution in [0.2, 0.25) is 5.02 Å². The molecule has 0 aromatic heterocycles. The molecule has 0 unspecified atom stereocenters. The van der Waals surface area contributed by atoms with E-state index in [0.29, 0.717) is 10.6 Å². The van der Waals surface area contributed by atoms with Crippen molar-refractivity contribution in [1.82, 2.24) is 4.90 Å². The van der Waals surface area contributed by atoms with Gasteiger partial charge in [-0.05, 0) is 57.6 Å². The number of carboxylic acids is 1. The summed E-state index contributed by atoms with van der Waals surface area (Å²) in [5.41, 5.74) is 6.21. The Labute approximate surface area is 239 Å². The van der Waals surface area contributed by atoms with Gasteiger partial charge in [-0.15, -0.1) is 0 Å². The molecule has 198 valence electrons. The minimum Gasteiger partial charge on any atom is -0.480 e. The Bertz CT molecular complexity index is 1570. The van der Waals surface area contributed by atoms with E-state index in [9.17, 15) is 14.7 Å². The summed E-state index contributed by atoms with van der Waals surface area (Å²) >= 11 is 6.07. The number of hydrogen-bond acceptors (Lipinski definition) is 2. The van der Waals surface area contributed by atoms with Crippen molar-refractivity contribution in [3.05, 3.63) is 155 Å². The van der Waals surface area contributed by atoms with Gasteiger partial charge in [0, 0.05) is 23.6 Å². The van der Waals surface area contributed by atoms with E-state index >= 15 is 0 Å². The van der Waals surface area contributed by atoms with E-state index in [0.717, 1.165) is 33.4 Å². The second-order valence-corrected chi connectivity index (χ2v) is 10.1. The van der Waals surface area contributed by atoms with E-state index in [-0.39, 0.29) is 18.9 Å². The Hall–Kier alpha value is -4.67. The highest BCUT2D eigenvalue weighted by molar-refractivity contribution is 6.30. The molecule has 40 heavy (non-hydrogen) atoms. The lowest BCUT2D eigenvalue weighted by Gasteiger charge is -2.29. The molecule has 0 fully saturated rings. The predicted octanol–water partition coefficient (Wildman–Crippen LogP) is 8.01. The summed E-state index contributed by atoms with van der Waals surface area (Å²) in [4.78, 5) is 28.0. The molecule has 5 heteroatoms. The van der Waals surface area contributed by atoms with Gasteiger partial charge in [-0.25, -0.2) is 4.79 Å². The summed E-state index contributed by atoms with van der Waals surface area (Å²) in [5, 5.41) is 10.9. The monoisotopic (exact) mass is 545 g/mol. The molecule has 0 saturated heterocycles. The van der Waals surface area contributed by atoms with E-state index in [2.05, 4.69) is 0 Å². The highest BCUT2D eigenvalue weighted by Gasteiger charge is 2.31. The largest absolute Gasteiger partial charge is 0.480 e. The van der Waals surface area contributed by atoms with Crippen LogP contribution < -0.4 is 0 Å². The third-order valence-electron chi connectivity index (χ3n) is 6.92. The summed E-state index contributed by atoms with van der Waals surface area (Å²) in [6.45, 7) is 0.134. The van der Waals surface area contributed by atoms with Gasteiger partial charge in [0.2, 0.25) is 0 Å². The Morgan fingerprint density at radius 1 is 0.600 bits per heavy atom. The average Bonchev–Trinajstić information content (AvgIpc) is 3.00. The first-order valence-electron chi connectivity index (χ1n) is 13.1. The van der Waals surface area contributed by atoms with Crippen LogP contribution >= 0.6 is 11.6 Å². The molecule has 1 amide bonds. The average molecular weight is 546 g/mol. The highest BCUT2D eigenvalue weighted by Crippen LogP contribution is 2.24. The molecular formula is C35H28ClNO3. The number of aliphatic carboxylic acids is 1. The van der Waals surface area contributed by atoms with Crippen LogP contribution in [0.1, 0.15) is 21.5 Å². The van der Waals surface area contributed by atoms with Crippen molar-refractivity contribution >= 4 is 23.5 Å². The lowest BCUT2D eigenvalue weighted by atomic mass is 9.98. The second-order valence-electron chi connectivity index (χ2n) is 9.62. The summed E-state index contributed by atoms with van der Waals surface area (Å²) in [7, 11) is 0. The van der Waals surface area contributed by atoms with E-state index in [4.69, 9.17) is 11.6 Å². The van der Waals surface area contributed by atoms with E-state index < -0.39 is 12.0 Å². The number of carbonyl (C=O) groups excluding carboxylic acids is 1. The topological polar surface area (TPSA) is 57.6 Å². The lowest BCUT2D eigenvalue weighted by Crippen LogP contribution is -2.46. The number of benzene rings is 5. The molecule has 4 nitrogen and oxygen atoms in total. The van der Waals surface area contributed by atoms with Crippen molar-refractivity contribution in [2.45, 2.75) is 19.0 Å². The second kappa shape index (κ2) is 12.5. The maximum atomic E-state index is 13.9. The third-order valence-corrected chi connectivity index (χ3v) is 7.17. The van der Waals surface area contributed by atoms with Gasteiger partial charge in [0.15, 0.2) is 0 Å². The minimum absolute atomic E-state index is 0.134. The number of hydrogen-bond donors (Lipinski definition) is 1. The standard InChI is InChI=1S/C35H28ClNO3/c36-32-21-13-26(14-22-32)24-37(34(38)31-19-17-30(18-20-31)28-9-5-2-6-10-28)33(35(39)40)23-25-11-15-29(16-12-25)27-7-3-1-4-8-27/h1-22,33H,23-24H2,(H,39,40)/t33-/m1/s1. The van der Waals surface area contributed by atoms with Gasteiger partial charge in [-0.2, -0.15) is 0 Å². The van der Waals surface area contributed by atoms with Crippen LogP contribution in [0.15, 0.2) is 133 Å². The quantitative estimate of drug-likeness (QED) is 0.204. The van der Waals surface area contributed by atoms with Crippen LogP contribution in [0.3, 0.4) is 0 Å². The van der Waals surface area contributed by atoms with Gasteiger partial charge in [0.05, 0.1) is 0 Å². The van der Waals surface area contributed by atoms with Gasteiger partial charge in [0.25, 0.3) is 5.91 Å². The van der Waals surface area contributed by atoms with Crippen LogP contribution in [0.5, 0.6) is 0 Å². The zero-order valence-corrected chi connectivity index (χ0v) is 22.5. The number of carboxylic acid groups (broad SMARTS) is 1. The molecule has 0 aliphatic rings. The van der Waals surface area contributed by atoms with Crippen molar-refractivity contribution in [3.63, 3.8) is 0 Å². The molecule has 1 N–H and O–H groups in total. The lowest BCUT2D eigenvalue weighted by molar-refractivity contribution is -0.142. The SMILES string of the molecule is O=C(O)[C@@H](Cc1ccc(-c2ccccc2)cc1)N(Cc1ccc(Cl)cc1)C(=O)c1ccc(-c2ccccc2)cc1. The smallest absolute Gasteiger partial charge is 0.326 e. The third kappa shape index (κ3) is 6.48. The molecule has 5 rings (SSSR count). The van der Waals surface area contributed by atoms with Crippen molar-refractivity contribution in [3.8, 4) is 22.3 Å².